The van der Waals surface area contributed by atoms with Crippen molar-refractivity contribution < 1.29 is 9.90 Å². The van der Waals surface area contributed by atoms with Gasteiger partial charge in [0.1, 0.15) is 0 Å². The van der Waals surface area contributed by atoms with Crippen molar-refractivity contribution in [3.05, 3.63) is 42.0 Å². The smallest absolute Gasteiger partial charge is 0.336 e. The molecule has 1 N–H and O–H groups in total. The second kappa shape index (κ2) is 5.91. The fourth-order valence-electron chi connectivity index (χ4n) is 1.89. The third-order valence-corrected chi connectivity index (χ3v) is 4.08. The summed E-state index contributed by atoms with van der Waals surface area (Å²) >= 11 is 1.65. The van der Waals surface area contributed by atoms with E-state index in [-0.39, 0.29) is 0 Å². The molecule has 18 heavy (non-hydrogen) atoms. The van der Waals surface area contributed by atoms with Crippen molar-refractivity contribution in [1.82, 2.24) is 0 Å². The van der Waals surface area contributed by atoms with Gasteiger partial charge in [-0.05, 0) is 29.0 Å². The zero-order chi connectivity index (χ0) is 13.0. The Hall–Kier alpha value is -1.48. The van der Waals surface area contributed by atoms with E-state index in [1.165, 1.54) is 0 Å². The molecule has 0 unspecified atom stereocenters. The van der Waals surface area contributed by atoms with E-state index in [9.17, 15) is 9.90 Å². The molecule has 0 bridgehead atoms. The standard InChI is InChI=1S/C15H16O2S/c1-2-3-10-18-14-12-7-5-4-6-11(12)8-9-13(14)15(16)17/h4-9H,2-3,10H2,1H3,(H,16,17). The van der Waals surface area contributed by atoms with Crippen LogP contribution in [0.3, 0.4) is 0 Å². The Labute approximate surface area is 111 Å². The van der Waals surface area contributed by atoms with Gasteiger partial charge in [-0.3, -0.25) is 0 Å². The van der Waals surface area contributed by atoms with E-state index in [2.05, 4.69) is 6.92 Å². The number of aromatic carboxylic acids is 1. The summed E-state index contributed by atoms with van der Waals surface area (Å²) in [4.78, 5) is 12.2. The summed E-state index contributed by atoms with van der Waals surface area (Å²) in [6.45, 7) is 2.14. The van der Waals surface area contributed by atoms with E-state index in [4.69, 9.17) is 0 Å². The Morgan fingerprint density at radius 1 is 1.22 bits per heavy atom. The second-order valence-corrected chi connectivity index (χ2v) is 5.28. The molecule has 0 fully saturated rings. The number of thioether (sulfide) groups is 1. The van der Waals surface area contributed by atoms with Crippen molar-refractivity contribution >= 4 is 28.5 Å². The normalized spacial score (nSPS) is 10.7. The highest BCUT2D eigenvalue weighted by atomic mass is 32.2. The van der Waals surface area contributed by atoms with Crippen LogP contribution >= 0.6 is 11.8 Å². The summed E-state index contributed by atoms with van der Waals surface area (Å²) < 4.78 is 0. The van der Waals surface area contributed by atoms with Gasteiger partial charge in [0.15, 0.2) is 0 Å². The number of hydrogen-bond acceptors (Lipinski definition) is 2. The molecular formula is C15H16O2S. The van der Waals surface area contributed by atoms with Crippen LogP contribution in [-0.2, 0) is 0 Å². The molecule has 2 aromatic rings. The Kier molecular flexibility index (Phi) is 4.26. The van der Waals surface area contributed by atoms with Crippen molar-refractivity contribution in [3.8, 4) is 0 Å². The van der Waals surface area contributed by atoms with Gasteiger partial charge in [0, 0.05) is 4.90 Å². The van der Waals surface area contributed by atoms with Crippen molar-refractivity contribution in [1.29, 1.82) is 0 Å². The van der Waals surface area contributed by atoms with Crippen LogP contribution in [0.25, 0.3) is 10.8 Å². The van der Waals surface area contributed by atoms with Gasteiger partial charge in [-0.2, -0.15) is 0 Å². The number of hydrogen-bond donors (Lipinski definition) is 1. The van der Waals surface area contributed by atoms with E-state index in [1.54, 1.807) is 17.8 Å². The minimum atomic E-state index is -0.847. The molecule has 0 aliphatic carbocycles. The highest BCUT2D eigenvalue weighted by molar-refractivity contribution is 7.99. The molecule has 0 aliphatic heterocycles. The third-order valence-electron chi connectivity index (χ3n) is 2.85. The molecular weight excluding hydrogens is 244 g/mol. The van der Waals surface area contributed by atoms with Crippen molar-refractivity contribution in [2.75, 3.05) is 5.75 Å². The molecule has 94 valence electrons. The lowest BCUT2D eigenvalue weighted by Gasteiger charge is -2.09. The molecule has 0 amide bonds. The third kappa shape index (κ3) is 2.67. The maximum Gasteiger partial charge on any atom is 0.336 e. The molecule has 0 aliphatic rings. The average molecular weight is 260 g/mol. The Bertz CT molecular complexity index is 563. The van der Waals surface area contributed by atoms with E-state index in [0.717, 1.165) is 34.3 Å². The number of carboxylic acids is 1. The molecule has 0 atom stereocenters. The van der Waals surface area contributed by atoms with Crippen molar-refractivity contribution in [3.63, 3.8) is 0 Å². The first-order chi connectivity index (χ1) is 8.74. The highest BCUT2D eigenvalue weighted by Crippen LogP contribution is 2.32. The molecule has 0 heterocycles. The summed E-state index contributed by atoms with van der Waals surface area (Å²) in [5, 5.41) is 11.4. The molecule has 0 spiro atoms. The number of carboxylic acid groups (broad SMARTS) is 1. The number of carbonyl (C=O) groups is 1. The van der Waals surface area contributed by atoms with Gasteiger partial charge >= 0.3 is 5.97 Å². The van der Waals surface area contributed by atoms with Gasteiger partial charge in [-0.15, -0.1) is 11.8 Å². The number of fused-ring (bicyclic) bond motifs is 1. The molecule has 0 saturated heterocycles. The van der Waals surface area contributed by atoms with E-state index in [1.807, 2.05) is 30.3 Å². The largest absolute Gasteiger partial charge is 0.478 e. The molecule has 2 nitrogen and oxygen atoms in total. The minimum absolute atomic E-state index is 0.412. The molecule has 0 saturated carbocycles. The fraction of sp³-hybridized carbons (Fsp3) is 0.267. The summed E-state index contributed by atoms with van der Waals surface area (Å²) in [5.41, 5.74) is 0.412. The van der Waals surface area contributed by atoms with Crippen LogP contribution < -0.4 is 0 Å². The summed E-state index contributed by atoms with van der Waals surface area (Å²) in [6.07, 6.45) is 2.23. The van der Waals surface area contributed by atoms with Crippen LogP contribution in [0.1, 0.15) is 30.1 Å². The fourth-order valence-corrected chi connectivity index (χ4v) is 3.17. The van der Waals surface area contributed by atoms with Gasteiger partial charge in [-0.25, -0.2) is 4.79 Å². The Morgan fingerprint density at radius 2 is 2.00 bits per heavy atom. The molecule has 0 aromatic heterocycles. The van der Waals surface area contributed by atoms with Gasteiger partial charge in [0.25, 0.3) is 0 Å². The van der Waals surface area contributed by atoms with Crippen LogP contribution in [0.5, 0.6) is 0 Å². The minimum Gasteiger partial charge on any atom is -0.478 e. The predicted molar refractivity (Wildman–Crippen MR) is 76.5 cm³/mol. The quantitative estimate of drug-likeness (QED) is 0.638. The zero-order valence-electron chi connectivity index (χ0n) is 10.3. The first-order valence-corrected chi connectivity index (χ1v) is 7.10. The van der Waals surface area contributed by atoms with Gasteiger partial charge in [-0.1, -0.05) is 43.7 Å². The SMILES string of the molecule is CCCCSc1c(C(=O)O)ccc2ccccc12. The molecule has 2 rings (SSSR count). The predicted octanol–water partition coefficient (Wildman–Crippen LogP) is 4.43. The maximum atomic E-state index is 11.3. The van der Waals surface area contributed by atoms with E-state index >= 15 is 0 Å². The first-order valence-electron chi connectivity index (χ1n) is 6.12. The van der Waals surface area contributed by atoms with E-state index in [0.29, 0.717) is 5.56 Å². The Morgan fingerprint density at radius 3 is 2.72 bits per heavy atom. The lowest BCUT2D eigenvalue weighted by Crippen LogP contribution is -1.99. The van der Waals surface area contributed by atoms with Crippen LogP contribution in [0, 0.1) is 0 Å². The first kappa shape index (κ1) is 13.0. The lowest BCUT2D eigenvalue weighted by atomic mass is 10.1. The highest BCUT2D eigenvalue weighted by Gasteiger charge is 2.13. The zero-order valence-corrected chi connectivity index (χ0v) is 11.2. The molecule has 2 aromatic carbocycles. The molecule has 0 radical (unpaired) electrons. The summed E-state index contributed by atoms with van der Waals surface area (Å²) in [7, 11) is 0. The number of unbranched alkanes of at least 4 members (excludes halogenated alkanes) is 1. The summed E-state index contributed by atoms with van der Waals surface area (Å²) in [5.74, 6) is 0.116. The van der Waals surface area contributed by atoms with E-state index < -0.39 is 5.97 Å². The van der Waals surface area contributed by atoms with Gasteiger partial charge in [0.05, 0.1) is 5.56 Å². The van der Waals surface area contributed by atoms with Crippen LogP contribution in [0.2, 0.25) is 0 Å². The molecule has 3 heteroatoms. The van der Waals surface area contributed by atoms with Crippen molar-refractivity contribution in [2.45, 2.75) is 24.7 Å². The van der Waals surface area contributed by atoms with Gasteiger partial charge < -0.3 is 5.11 Å². The van der Waals surface area contributed by atoms with Crippen molar-refractivity contribution in [2.24, 2.45) is 0 Å². The number of benzene rings is 2. The van der Waals surface area contributed by atoms with Crippen LogP contribution in [0.4, 0.5) is 0 Å². The van der Waals surface area contributed by atoms with Gasteiger partial charge in [0.2, 0.25) is 0 Å². The van der Waals surface area contributed by atoms with Crippen LogP contribution in [0.15, 0.2) is 41.3 Å². The topological polar surface area (TPSA) is 37.3 Å². The monoisotopic (exact) mass is 260 g/mol. The maximum absolute atomic E-state index is 11.3. The second-order valence-electron chi connectivity index (χ2n) is 4.17. The average Bonchev–Trinajstić information content (AvgIpc) is 2.38. The summed E-state index contributed by atoms with van der Waals surface area (Å²) in [6, 6.07) is 11.5. The Balaban J connectivity index is 2.48. The number of rotatable bonds is 5. The van der Waals surface area contributed by atoms with Crippen LogP contribution in [-0.4, -0.2) is 16.8 Å². The lowest BCUT2D eigenvalue weighted by molar-refractivity contribution is 0.0693.